The fourth-order valence-corrected chi connectivity index (χ4v) is 3.26. The Kier molecular flexibility index (Phi) is 6.49. The molecule has 7 nitrogen and oxygen atoms in total. The number of nitrogens with zero attached hydrogens (tertiary/aromatic N) is 3. The van der Waals surface area contributed by atoms with Gasteiger partial charge in [-0.1, -0.05) is 71.7 Å². The lowest BCUT2D eigenvalue weighted by atomic mass is 10.2. The molecule has 2 aromatic heterocycles. The van der Waals surface area contributed by atoms with Crippen molar-refractivity contribution in [3.05, 3.63) is 94.7 Å². The van der Waals surface area contributed by atoms with E-state index in [4.69, 9.17) is 27.9 Å². The first-order valence-corrected chi connectivity index (χ1v) is 10.3. The van der Waals surface area contributed by atoms with Gasteiger partial charge in [0.1, 0.15) is 11.0 Å². The molecule has 2 heterocycles. The number of amides is 1. The Morgan fingerprint density at radius 1 is 0.938 bits per heavy atom. The summed E-state index contributed by atoms with van der Waals surface area (Å²) in [5, 5.41) is 7.52. The van der Waals surface area contributed by atoms with Gasteiger partial charge in [0.25, 0.3) is 5.91 Å². The van der Waals surface area contributed by atoms with Gasteiger partial charge >= 0.3 is 5.97 Å². The second kappa shape index (κ2) is 9.64. The topological polar surface area (TPSA) is 86.1 Å². The van der Waals surface area contributed by atoms with Crippen LogP contribution in [-0.4, -0.2) is 33.2 Å². The molecule has 0 saturated heterocycles. The summed E-state index contributed by atoms with van der Waals surface area (Å²) in [5.41, 5.74) is 2.17. The standard InChI is InChI=1S/C23H16Cl2N4O3/c24-17-11-12-19(25)26-22(17)23(31)32-14-21(30)27-20-13-18(15-7-3-1-4-8-15)28-29(20)16-9-5-2-6-10-16/h1-13H,14H2,(H,27,30). The fourth-order valence-electron chi connectivity index (χ4n) is 2.93. The van der Waals surface area contributed by atoms with Gasteiger partial charge in [0.05, 0.1) is 16.4 Å². The molecule has 0 bridgehead atoms. The van der Waals surface area contributed by atoms with Gasteiger partial charge in [-0.05, 0) is 24.3 Å². The Hall–Kier alpha value is -3.68. The summed E-state index contributed by atoms with van der Waals surface area (Å²) < 4.78 is 6.66. The number of carbonyl (C=O) groups is 2. The second-order valence-corrected chi connectivity index (χ2v) is 7.41. The van der Waals surface area contributed by atoms with E-state index < -0.39 is 18.5 Å². The van der Waals surface area contributed by atoms with Crippen LogP contribution in [0.15, 0.2) is 78.9 Å². The smallest absolute Gasteiger partial charge is 0.359 e. The number of esters is 1. The van der Waals surface area contributed by atoms with Crippen LogP contribution in [0.5, 0.6) is 0 Å². The Bertz CT molecular complexity index is 1260. The first-order valence-electron chi connectivity index (χ1n) is 9.51. The lowest BCUT2D eigenvalue weighted by molar-refractivity contribution is -0.119. The molecule has 0 spiro atoms. The van der Waals surface area contributed by atoms with E-state index in [1.165, 1.54) is 12.1 Å². The Morgan fingerprint density at radius 3 is 2.34 bits per heavy atom. The second-order valence-electron chi connectivity index (χ2n) is 6.62. The van der Waals surface area contributed by atoms with Gasteiger partial charge in [-0.3, -0.25) is 4.79 Å². The van der Waals surface area contributed by atoms with Crippen LogP contribution in [-0.2, 0) is 9.53 Å². The number of nitrogens with one attached hydrogen (secondary N) is 1. The molecular weight excluding hydrogens is 451 g/mol. The number of anilines is 1. The van der Waals surface area contributed by atoms with Crippen molar-refractivity contribution in [3.8, 4) is 16.9 Å². The molecule has 1 N–H and O–H groups in total. The zero-order valence-corrected chi connectivity index (χ0v) is 18.0. The van der Waals surface area contributed by atoms with Crippen LogP contribution >= 0.6 is 23.2 Å². The molecule has 160 valence electrons. The zero-order chi connectivity index (χ0) is 22.5. The third-order valence-electron chi connectivity index (χ3n) is 4.39. The van der Waals surface area contributed by atoms with Crippen molar-refractivity contribution >= 4 is 40.9 Å². The maximum Gasteiger partial charge on any atom is 0.359 e. The minimum absolute atomic E-state index is 0.0782. The van der Waals surface area contributed by atoms with Crippen molar-refractivity contribution in [3.63, 3.8) is 0 Å². The van der Waals surface area contributed by atoms with Gasteiger partial charge in [0.15, 0.2) is 12.3 Å². The van der Waals surface area contributed by atoms with Crippen molar-refractivity contribution < 1.29 is 14.3 Å². The molecule has 0 aliphatic carbocycles. The molecule has 0 atom stereocenters. The highest BCUT2D eigenvalue weighted by atomic mass is 35.5. The number of pyridine rings is 1. The first-order chi connectivity index (χ1) is 15.5. The molecule has 0 aliphatic rings. The first kappa shape index (κ1) is 21.5. The number of hydrogen-bond acceptors (Lipinski definition) is 5. The minimum Gasteiger partial charge on any atom is -0.451 e. The quantitative estimate of drug-likeness (QED) is 0.317. The molecule has 2 aromatic carbocycles. The van der Waals surface area contributed by atoms with Crippen LogP contribution in [0.4, 0.5) is 5.82 Å². The number of para-hydroxylation sites is 1. The maximum absolute atomic E-state index is 12.5. The highest BCUT2D eigenvalue weighted by Crippen LogP contribution is 2.25. The average molecular weight is 467 g/mol. The van der Waals surface area contributed by atoms with Crippen molar-refractivity contribution in [2.45, 2.75) is 0 Å². The van der Waals surface area contributed by atoms with Gasteiger partial charge in [0, 0.05) is 11.6 Å². The molecule has 32 heavy (non-hydrogen) atoms. The molecule has 0 aliphatic heterocycles. The molecule has 4 rings (SSSR count). The highest BCUT2D eigenvalue weighted by molar-refractivity contribution is 6.34. The van der Waals surface area contributed by atoms with E-state index in [9.17, 15) is 9.59 Å². The molecule has 0 unspecified atom stereocenters. The van der Waals surface area contributed by atoms with Crippen LogP contribution < -0.4 is 5.32 Å². The predicted molar refractivity (Wildman–Crippen MR) is 122 cm³/mol. The molecular formula is C23H16Cl2N4O3. The Morgan fingerprint density at radius 2 is 1.62 bits per heavy atom. The summed E-state index contributed by atoms with van der Waals surface area (Å²) in [6, 6.07) is 23.6. The van der Waals surface area contributed by atoms with Crippen LogP contribution in [0.25, 0.3) is 16.9 Å². The molecule has 9 heteroatoms. The number of ether oxygens (including phenoxy) is 1. The summed E-state index contributed by atoms with van der Waals surface area (Å²) >= 11 is 11.7. The number of hydrogen-bond donors (Lipinski definition) is 1. The number of aromatic nitrogens is 3. The van der Waals surface area contributed by atoms with E-state index in [2.05, 4.69) is 15.4 Å². The van der Waals surface area contributed by atoms with Gasteiger partial charge < -0.3 is 10.1 Å². The summed E-state index contributed by atoms with van der Waals surface area (Å²) in [7, 11) is 0. The van der Waals surface area contributed by atoms with E-state index in [-0.39, 0.29) is 15.9 Å². The maximum atomic E-state index is 12.5. The summed E-state index contributed by atoms with van der Waals surface area (Å²) in [5.74, 6) is -0.975. The normalized spacial score (nSPS) is 10.6. The third kappa shape index (κ3) is 4.96. The minimum atomic E-state index is -0.853. The number of benzene rings is 2. The number of carbonyl (C=O) groups excluding carboxylic acids is 2. The summed E-state index contributed by atoms with van der Waals surface area (Å²) in [6.45, 7) is -0.538. The van der Waals surface area contributed by atoms with Gasteiger partial charge in [-0.15, -0.1) is 0 Å². The van der Waals surface area contributed by atoms with Crippen molar-refractivity contribution in [2.75, 3.05) is 11.9 Å². The predicted octanol–water partition coefficient (Wildman–Crippen LogP) is 5.04. The van der Waals surface area contributed by atoms with E-state index in [0.717, 1.165) is 11.3 Å². The molecule has 4 aromatic rings. The van der Waals surface area contributed by atoms with Crippen LogP contribution in [0.1, 0.15) is 10.5 Å². The Labute approximate surface area is 193 Å². The fraction of sp³-hybridized carbons (Fsp3) is 0.0435. The van der Waals surface area contributed by atoms with Crippen LogP contribution in [0.2, 0.25) is 10.2 Å². The largest absolute Gasteiger partial charge is 0.451 e. The molecule has 0 radical (unpaired) electrons. The lowest BCUT2D eigenvalue weighted by Crippen LogP contribution is -2.22. The molecule has 0 fully saturated rings. The summed E-state index contributed by atoms with van der Waals surface area (Å²) in [6.07, 6.45) is 0. The number of halogens is 2. The van der Waals surface area contributed by atoms with Crippen molar-refractivity contribution in [1.82, 2.24) is 14.8 Å². The highest BCUT2D eigenvalue weighted by Gasteiger charge is 2.18. The monoisotopic (exact) mass is 466 g/mol. The van der Waals surface area contributed by atoms with Gasteiger partial charge in [0.2, 0.25) is 0 Å². The van der Waals surface area contributed by atoms with Crippen LogP contribution in [0.3, 0.4) is 0 Å². The van der Waals surface area contributed by atoms with Crippen molar-refractivity contribution in [2.24, 2.45) is 0 Å². The number of rotatable bonds is 6. The van der Waals surface area contributed by atoms with E-state index in [0.29, 0.717) is 11.5 Å². The summed E-state index contributed by atoms with van der Waals surface area (Å²) in [4.78, 5) is 28.6. The molecule has 0 saturated carbocycles. The third-order valence-corrected chi connectivity index (χ3v) is 4.90. The van der Waals surface area contributed by atoms with Crippen LogP contribution in [0, 0.1) is 0 Å². The molecule has 1 amide bonds. The SMILES string of the molecule is O=C(COC(=O)c1nc(Cl)ccc1Cl)Nc1cc(-c2ccccc2)nn1-c1ccccc1. The van der Waals surface area contributed by atoms with E-state index >= 15 is 0 Å². The van der Waals surface area contributed by atoms with Crippen molar-refractivity contribution in [1.29, 1.82) is 0 Å². The van der Waals surface area contributed by atoms with Gasteiger partial charge in [-0.2, -0.15) is 5.10 Å². The van der Waals surface area contributed by atoms with E-state index in [1.54, 1.807) is 10.7 Å². The van der Waals surface area contributed by atoms with E-state index in [1.807, 2.05) is 60.7 Å². The average Bonchev–Trinajstić information content (AvgIpc) is 3.24. The lowest BCUT2D eigenvalue weighted by Gasteiger charge is -2.09. The van der Waals surface area contributed by atoms with Gasteiger partial charge in [-0.25, -0.2) is 14.5 Å². The Balaban J connectivity index is 1.52. The zero-order valence-electron chi connectivity index (χ0n) is 16.5.